The van der Waals surface area contributed by atoms with E-state index in [1.165, 1.54) is 11.9 Å². The maximum absolute atomic E-state index is 10.0. The minimum atomic E-state index is 0.228. The molecule has 0 bridgehead atoms. The lowest BCUT2D eigenvalue weighted by molar-refractivity contribution is 0.475. The summed E-state index contributed by atoms with van der Waals surface area (Å²) < 4.78 is 4.41. The molecule has 3 rings (SSSR count). The Hall–Kier alpha value is -1.85. The third kappa shape index (κ3) is 2.30. The highest BCUT2D eigenvalue weighted by atomic mass is 35.5. The van der Waals surface area contributed by atoms with Gasteiger partial charge in [0, 0.05) is 19.0 Å². The number of benzene rings is 2. The molecule has 2 N–H and O–H groups in total. The highest BCUT2D eigenvalue weighted by molar-refractivity contribution is 7.98. The van der Waals surface area contributed by atoms with Crippen molar-refractivity contribution in [2.75, 3.05) is 17.3 Å². The second kappa shape index (κ2) is 5.26. The summed E-state index contributed by atoms with van der Waals surface area (Å²) in [5.74, 6) is 0.850. The van der Waals surface area contributed by atoms with Crippen LogP contribution in [0.15, 0.2) is 51.8 Å². The number of phenolic OH excluding ortho intramolecular Hbond substituents is 1. The van der Waals surface area contributed by atoms with Gasteiger partial charge in [-0.15, -0.1) is 0 Å². The number of hydrogen-bond donors (Lipinski definition) is 2. The van der Waals surface area contributed by atoms with Crippen molar-refractivity contribution in [2.24, 2.45) is 4.40 Å². The van der Waals surface area contributed by atoms with Crippen molar-refractivity contribution >= 4 is 40.9 Å². The van der Waals surface area contributed by atoms with Gasteiger partial charge in [0.05, 0.1) is 15.6 Å². The van der Waals surface area contributed by atoms with Crippen molar-refractivity contribution in [3.05, 3.63) is 47.5 Å². The second-order valence-corrected chi connectivity index (χ2v) is 5.51. The van der Waals surface area contributed by atoms with E-state index in [2.05, 4.69) is 9.71 Å². The number of nitrogens with zero attached hydrogens (tertiary/aromatic N) is 2. The van der Waals surface area contributed by atoms with Crippen LogP contribution in [0.25, 0.3) is 0 Å². The molecule has 102 valence electrons. The van der Waals surface area contributed by atoms with Crippen molar-refractivity contribution in [1.29, 1.82) is 0 Å². The number of halogens is 1. The topological polar surface area (TPSA) is 47.9 Å². The third-order valence-electron chi connectivity index (χ3n) is 2.98. The summed E-state index contributed by atoms with van der Waals surface area (Å²) in [7, 11) is 1.85. The Bertz CT molecular complexity index is 690. The van der Waals surface area contributed by atoms with Gasteiger partial charge < -0.3 is 15.3 Å². The summed E-state index contributed by atoms with van der Waals surface area (Å²) in [6.45, 7) is 0. The minimum absolute atomic E-state index is 0.228. The first-order valence-electron chi connectivity index (χ1n) is 5.99. The van der Waals surface area contributed by atoms with Gasteiger partial charge in [0.1, 0.15) is 11.4 Å². The molecule has 0 saturated heterocycles. The Morgan fingerprint density at radius 3 is 2.80 bits per heavy atom. The molecule has 0 saturated carbocycles. The minimum Gasteiger partial charge on any atom is -0.506 e. The highest BCUT2D eigenvalue weighted by Crippen LogP contribution is 2.41. The van der Waals surface area contributed by atoms with Crippen molar-refractivity contribution in [2.45, 2.75) is 4.90 Å². The van der Waals surface area contributed by atoms with Crippen molar-refractivity contribution < 1.29 is 5.11 Å². The Morgan fingerprint density at radius 1 is 1.20 bits per heavy atom. The molecule has 2 aromatic rings. The molecule has 4 nitrogen and oxygen atoms in total. The summed E-state index contributed by atoms with van der Waals surface area (Å²) >= 11 is 7.45. The lowest BCUT2D eigenvalue weighted by Crippen LogP contribution is -2.34. The van der Waals surface area contributed by atoms with E-state index in [1.807, 2.05) is 42.3 Å². The number of guanidine groups is 1. The van der Waals surface area contributed by atoms with Crippen LogP contribution in [0.1, 0.15) is 0 Å². The molecule has 1 aliphatic heterocycles. The summed E-state index contributed by atoms with van der Waals surface area (Å²) in [6.07, 6.45) is 0. The van der Waals surface area contributed by atoms with Gasteiger partial charge in [0.2, 0.25) is 5.96 Å². The molecule has 0 fully saturated rings. The van der Waals surface area contributed by atoms with E-state index in [9.17, 15) is 5.11 Å². The van der Waals surface area contributed by atoms with Gasteiger partial charge in [0.15, 0.2) is 0 Å². The van der Waals surface area contributed by atoms with Crippen molar-refractivity contribution in [3.63, 3.8) is 0 Å². The van der Waals surface area contributed by atoms with E-state index >= 15 is 0 Å². The molecule has 1 heterocycles. The molecule has 20 heavy (non-hydrogen) atoms. The van der Waals surface area contributed by atoms with Crippen molar-refractivity contribution in [1.82, 2.24) is 0 Å². The number of aromatic hydroxyl groups is 1. The van der Waals surface area contributed by atoms with Gasteiger partial charge in [-0.2, -0.15) is 4.40 Å². The van der Waals surface area contributed by atoms with Crippen LogP contribution in [0.5, 0.6) is 5.75 Å². The van der Waals surface area contributed by atoms with Crippen LogP contribution in [0.2, 0.25) is 5.02 Å². The fourth-order valence-corrected chi connectivity index (χ4v) is 2.97. The lowest BCUT2D eigenvalue weighted by atomic mass is 10.2. The Balaban J connectivity index is 1.92. The second-order valence-electron chi connectivity index (χ2n) is 4.29. The van der Waals surface area contributed by atoms with Gasteiger partial charge in [-0.25, -0.2) is 0 Å². The summed E-state index contributed by atoms with van der Waals surface area (Å²) in [5.41, 5.74) is 1.52. The number of para-hydroxylation sites is 2. The van der Waals surface area contributed by atoms with Gasteiger partial charge in [0.25, 0.3) is 0 Å². The molecule has 0 unspecified atom stereocenters. The average Bonchev–Trinajstić information content (AvgIpc) is 2.44. The van der Waals surface area contributed by atoms with Crippen LogP contribution in [-0.2, 0) is 0 Å². The predicted octanol–water partition coefficient (Wildman–Crippen LogP) is 3.97. The van der Waals surface area contributed by atoms with E-state index in [4.69, 9.17) is 11.6 Å². The summed E-state index contributed by atoms with van der Waals surface area (Å²) in [5, 5.41) is 13.8. The largest absolute Gasteiger partial charge is 0.506 e. The number of phenols is 1. The first-order valence-corrected chi connectivity index (χ1v) is 7.14. The number of rotatable bonds is 1. The van der Waals surface area contributed by atoms with Gasteiger partial charge in [-0.3, -0.25) is 0 Å². The summed E-state index contributed by atoms with van der Waals surface area (Å²) in [6, 6.07) is 12.8. The maximum atomic E-state index is 10.0. The average molecular weight is 306 g/mol. The number of anilines is 2. The zero-order chi connectivity index (χ0) is 14.1. The smallest absolute Gasteiger partial charge is 0.214 e. The first-order chi connectivity index (χ1) is 9.66. The zero-order valence-corrected chi connectivity index (χ0v) is 12.2. The molecule has 2 aromatic carbocycles. The molecular weight excluding hydrogens is 294 g/mol. The lowest BCUT2D eigenvalue weighted by Gasteiger charge is -2.28. The van der Waals surface area contributed by atoms with Gasteiger partial charge in [-0.1, -0.05) is 29.8 Å². The molecule has 0 spiro atoms. The number of hydrogen-bond acceptors (Lipinski definition) is 5. The third-order valence-corrected chi connectivity index (χ3v) is 4.10. The molecular formula is C14H12ClN3OS. The summed E-state index contributed by atoms with van der Waals surface area (Å²) in [4.78, 5) is 2.72. The van der Waals surface area contributed by atoms with Crippen LogP contribution in [0.3, 0.4) is 0 Å². The predicted molar refractivity (Wildman–Crippen MR) is 84.9 cm³/mol. The van der Waals surface area contributed by atoms with E-state index in [0.29, 0.717) is 11.0 Å². The van der Waals surface area contributed by atoms with E-state index in [0.717, 1.165) is 16.3 Å². The van der Waals surface area contributed by atoms with E-state index in [-0.39, 0.29) is 5.75 Å². The highest BCUT2D eigenvalue weighted by Gasteiger charge is 2.22. The van der Waals surface area contributed by atoms with Crippen LogP contribution < -0.4 is 10.2 Å². The Kier molecular flexibility index (Phi) is 3.46. The molecule has 0 amide bonds. The molecule has 6 heteroatoms. The van der Waals surface area contributed by atoms with Crippen molar-refractivity contribution in [3.8, 4) is 5.75 Å². The van der Waals surface area contributed by atoms with E-state index < -0.39 is 0 Å². The molecule has 0 aromatic heterocycles. The number of fused-ring (bicyclic) bond motifs is 1. The van der Waals surface area contributed by atoms with Gasteiger partial charge in [-0.05, 0) is 24.3 Å². The van der Waals surface area contributed by atoms with Crippen LogP contribution in [0.4, 0.5) is 11.4 Å². The zero-order valence-electron chi connectivity index (χ0n) is 10.7. The normalized spacial score (nSPS) is 13.7. The monoisotopic (exact) mass is 305 g/mol. The Morgan fingerprint density at radius 2 is 2.00 bits per heavy atom. The SMILES string of the molecule is CN1C(Nc2ccccc2Cl)=NSc2cccc(O)c21. The maximum Gasteiger partial charge on any atom is 0.214 e. The molecule has 0 aliphatic carbocycles. The van der Waals surface area contributed by atoms with Crippen LogP contribution in [0, 0.1) is 0 Å². The van der Waals surface area contributed by atoms with Crippen LogP contribution in [-0.4, -0.2) is 18.1 Å². The molecule has 0 radical (unpaired) electrons. The fourth-order valence-electron chi connectivity index (χ4n) is 1.97. The quantitative estimate of drug-likeness (QED) is 0.783. The number of nitrogens with one attached hydrogen (secondary N) is 1. The van der Waals surface area contributed by atoms with Gasteiger partial charge >= 0.3 is 0 Å². The molecule has 0 atom stereocenters. The van der Waals surface area contributed by atoms with Crippen LogP contribution >= 0.6 is 23.5 Å². The standard InChI is InChI=1S/C14H12ClN3OS/c1-18-13-11(19)7-4-8-12(13)20-17-14(18)16-10-6-3-2-5-9(10)15/h2-8,19H,1H3,(H,16,17). The van der Waals surface area contributed by atoms with E-state index in [1.54, 1.807) is 12.1 Å². The Labute approximate surface area is 126 Å². The molecule has 1 aliphatic rings. The fraction of sp³-hybridized carbons (Fsp3) is 0.0714. The first kappa shape index (κ1) is 13.1.